The van der Waals surface area contributed by atoms with E-state index in [2.05, 4.69) is 10.1 Å². The Morgan fingerprint density at radius 2 is 2.10 bits per heavy atom. The summed E-state index contributed by atoms with van der Waals surface area (Å²) in [6.07, 6.45) is 2.36. The van der Waals surface area contributed by atoms with Crippen LogP contribution in [0.5, 0.6) is 0 Å². The van der Waals surface area contributed by atoms with Gasteiger partial charge in [-0.2, -0.15) is 5.10 Å². The summed E-state index contributed by atoms with van der Waals surface area (Å²) in [4.78, 5) is 20.9. The first-order chi connectivity index (χ1) is 14.5. The van der Waals surface area contributed by atoms with Gasteiger partial charge in [0.05, 0.1) is 24.9 Å². The van der Waals surface area contributed by atoms with Gasteiger partial charge in [0, 0.05) is 25.7 Å². The van der Waals surface area contributed by atoms with E-state index in [1.807, 2.05) is 0 Å². The molecule has 156 valence electrons. The monoisotopic (exact) mass is 413 g/mol. The average molecular weight is 413 g/mol. The third-order valence-electron chi connectivity index (χ3n) is 5.81. The summed E-state index contributed by atoms with van der Waals surface area (Å²) in [6.45, 7) is 0.904. The van der Waals surface area contributed by atoms with Crippen LogP contribution >= 0.6 is 0 Å². The Balaban J connectivity index is 1.50. The Bertz CT molecular complexity index is 1100. The molecule has 0 aliphatic carbocycles. The normalized spacial score (nSPS) is 24.2. The lowest BCUT2D eigenvalue weighted by molar-refractivity contribution is 0.0766. The number of amides is 1. The molecule has 0 saturated carbocycles. The second kappa shape index (κ2) is 7.32. The van der Waals surface area contributed by atoms with Crippen LogP contribution in [0.3, 0.4) is 0 Å². The molecule has 30 heavy (non-hydrogen) atoms. The number of nitrogens with zero attached hydrogens (tertiary/aromatic N) is 5. The minimum Gasteiger partial charge on any atom is -0.391 e. The van der Waals surface area contributed by atoms with Crippen molar-refractivity contribution in [1.29, 1.82) is 0 Å². The summed E-state index contributed by atoms with van der Waals surface area (Å²) in [5.41, 5.74) is 1.40. The molecule has 0 radical (unpaired) electrons. The van der Waals surface area contributed by atoms with Crippen LogP contribution in [-0.2, 0) is 0 Å². The number of β-amino-alcohol motifs (C(OH)–C–C–N with tert-alkyl or cyclic N) is 1. The molecular weight excluding hydrogens is 392 g/mol. The van der Waals surface area contributed by atoms with Crippen LogP contribution in [0.15, 0.2) is 42.7 Å². The van der Waals surface area contributed by atoms with Crippen LogP contribution in [0.2, 0.25) is 0 Å². The van der Waals surface area contributed by atoms with Crippen LogP contribution < -0.4 is 4.90 Å². The van der Waals surface area contributed by atoms with Gasteiger partial charge in [-0.05, 0) is 30.2 Å². The second-order valence-electron chi connectivity index (χ2n) is 7.86. The highest BCUT2D eigenvalue weighted by Crippen LogP contribution is 2.37. The van der Waals surface area contributed by atoms with Crippen molar-refractivity contribution in [1.82, 2.24) is 19.5 Å². The molecule has 1 N–H and O–H groups in total. The molecule has 9 heteroatoms. The van der Waals surface area contributed by atoms with Crippen molar-refractivity contribution in [3.05, 3.63) is 59.7 Å². The average Bonchev–Trinajstić information content (AvgIpc) is 3.45. The van der Waals surface area contributed by atoms with Gasteiger partial charge in [0.15, 0.2) is 5.65 Å². The van der Waals surface area contributed by atoms with E-state index in [1.54, 1.807) is 34.2 Å². The fourth-order valence-corrected chi connectivity index (χ4v) is 4.33. The highest BCUT2D eigenvalue weighted by atomic mass is 19.1. The first-order valence-electron chi connectivity index (χ1n) is 9.97. The number of likely N-dealkylation sites (tertiary alicyclic amines) is 1. The molecule has 5 rings (SSSR count). The van der Waals surface area contributed by atoms with Crippen LogP contribution in [0.4, 0.5) is 14.6 Å². The molecule has 2 saturated heterocycles. The zero-order valence-corrected chi connectivity index (χ0v) is 16.2. The molecule has 2 aliphatic heterocycles. The number of fused-ring (bicyclic) bond motifs is 1. The smallest absolute Gasteiger partial charge is 0.259 e. The summed E-state index contributed by atoms with van der Waals surface area (Å²) >= 11 is 0. The maximum atomic E-state index is 14.3. The standard InChI is InChI=1S/C21H21F2N5O2/c22-14-3-1-2-13(8-14)18-9-15(23)11-27(18)19-5-7-28-20(25-19)17(10-24-28)21(30)26-6-4-16(29)12-26/h1-3,5,7-8,10,15-16,18,29H,4,6,9,11-12H2. The predicted octanol–water partition coefficient (Wildman–Crippen LogP) is 2.36. The van der Waals surface area contributed by atoms with Gasteiger partial charge < -0.3 is 14.9 Å². The minimum absolute atomic E-state index is 0.139. The predicted molar refractivity (Wildman–Crippen MR) is 106 cm³/mol. The molecule has 0 spiro atoms. The van der Waals surface area contributed by atoms with Crippen molar-refractivity contribution in [2.75, 3.05) is 24.5 Å². The van der Waals surface area contributed by atoms with Crippen molar-refractivity contribution < 1.29 is 18.7 Å². The molecule has 3 atom stereocenters. The molecular formula is C21H21F2N5O2. The van der Waals surface area contributed by atoms with E-state index < -0.39 is 12.3 Å². The van der Waals surface area contributed by atoms with Gasteiger partial charge >= 0.3 is 0 Å². The Morgan fingerprint density at radius 1 is 1.23 bits per heavy atom. The van der Waals surface area contributed by atoms with Gasteiger partial charge in [0.2, 0.25) is 0 Å². The van der Waals surface area contributed by atoms with Crippen molar-refractivity contribution in [3.63, 3.8) is 0 Å². The Kier molecular flexibility index (Phi) is 4.62. The van der Waals surface area contributed by atoms with E-state index in [4.69, 9.17) is 0 Å². The molecule has 2 aliphatic rings. The maximum Gasteiger partial charge on any atom is 0.259 e. The van der Waals surface area contributed by atoms with Crippen LogP contribution in [-0.4, -0.2) is 62.4 Å². The molecule has 0 bridgehead atoms. The molecule has 2 fully saturated rings. The summed E-state index contributed by atoms with van der Waals surface area (Å²) in [6, 6.07) is 7.55. The molecule has 1 amide bonds. The number of aliphatic hydroxyl groups excluding tert-OH is 1. The third-order valence-corrected chi connectivity index (χ3v) is 5.81. The summed E-state index contributed by atoms with van der Waals surface area (Å²) in [7, 11) is 0. The number of carbonyl (C=O) groups excluding carboxylic acids is 1. The number of halogens is 2. The number of aliphatic hydroxyl groups is 1. The molecule has 3 unspecified atom stereocenters. The van der Waals surface area contributed by atoms with Crippen molar-refractivity contribution in [3.8, 4) is 0 Å². The van der Waals surface area contributed by atoms with E-state index in [-0.39, 0.29) is 37.3 Å². The number of anilines is 1. The van der Waals surface area contributed by atoms with E-state index in [0.717, 1.165) is 0 Å². The first kappa shape index (κ1) is 18.9. The first-order valence-corrected chi connectivity index (χ1v) is 9.97. The molecule has 1 aromatic carbocycles. The molecule has 3 aromatic rings. The summed E-state index contributed by atoms with van der Waals surface area (Å²) in [5, 5.41) is 13.9. The van der Waals surface area contributed by atoms with Crippen LogP contribution in [0.1, 0.15) is 34.8 Å². The van der Waals surface area contributed by atoms with Crippen molar-refractivity contribution >= 4 is 17.4 Å². The van der Waals surface area contributed by atoms with E-state index in [0.29, 0.717) is 35.6 Å². The van der Waals surface area contributed by atoms with Crippen molar-refractivity contribution in [2.24, 2.45) is 0 Å². The number of alkyl halides is 1. The zero-order chi connectivity index (χ0) is 20.8. The fourth-order valence-electron chi connectivity index (χ4n) is 4.33. The quantitative estimate of drug-likeness (QED) is 0.714. The highest BCUT2D eigenvalue weighted by molar-refractivity contribution is 6.00. The third kappa shape index (κ3) is 3.28. The highest BCUT2D eigenvalue weighted by Gasteiger charge is 2.35. The summed E-state index contributed by atoms with van der Waals surface area (Å²) < 4.78 is 29.6. The number of carbonyl (C=O) groups is 1. The van der Waals surface area contributed by atoms with E-state index in [1.165, 1.54) is 22.8 Å². The van der Waals surface area contributed by atoms with Crippen molar-refractivity contribution in [2.45, 2.75) is 31.2 Å². The second-order valence-corrected chi connectivity index (χ2v) is 7.86. The number of hydrogen-bond acceptors (Lipinski definition) is 5. The zero-order valence-electron chi connectivity index (χ0n) is 16.2. The topological polar surface area (TPSA) is 74.0 Å². The van der Waals surface area contributed by atoms with Gasteiger partial charge in [-0.15, -0.1) is 0 Å². The number of aromatic nitrogens is 3. The lowest BCUT2D eigenvalue weighted by atomic mass is 10.0. The van der Waals surface area contributed by atoms with Gasteiger partial charge in [0.25, 0.3) is 5.91 Å². The van der Waals surface area contributed by atoms with Gasteiger partial charge in [0.1, 0.15) is 23.4 Å². The van der Waals surface area contributed by atoms with Gasteiger partial charge in [-0.3, -0.25) is 4.79 Å². The van der Waals surface area contributed by atoms with E-state index >= 15 is 0 Å². The van der Waals surface area contributed by atoms with Crippen LogP contribution in [0.25, 0.3) is 5.65 Å². The van der Waals surface area contributed by atoms with Gasteiger partial charge in [-0.25, -0.2) is 18.3 Å². The summed E-state index contributed by atoms with van der Waals surface area (Å²) in [5.74, 6) is -0.0970. The Hall–Kier alpha value is -3.07. The fraction of sp³-hybridized carbons (Fsp3) is 0.381. The molecule has 2 aromatic heterocycles. The minimum atomic E-state index is -1.06. The largest absolute Gasteiger partial charge is 0.391 e. The Morgan fingerprint density at radius 3 is 2.87 bits per heavy atom. The lowest BCUT2D eigenvalue weighted by Crippen LogP contribution is -2.29. The lowest BCUT2D eigenvalue weighted by Gasteiger charge is -2.26. The van der Waals surface area contributed by atoms with Crippen LogP contribution in [0, 0.1) is 5.82 Å². The molecule has 7 nitrogen and oxygen atoms in total. The Labute approximate surface area is 171 Å². The maximum absolute atomic E-state index is 14.3. The SMILES string of the molecule is O=C(c1cnn2ccc(N3CC(F)CC3c3cccc(F)c3)nc12)N1CCC(O)C1. The number of rotatable bonds is 3. The molecule has 4 heterocycles. The van der Waals surface area contributed by atoms with Gasteiger partial charge in [-0.1, -0.05) is 12.1 Å². The number of hydrogen-bond donors (Lipinski definition) is 1. The number of benzene rings is 1. The van der Waals surface area contributed by atoms with E-state index in [9.17, 15) is 18.7 Å².